The summed E-state index contributed by atoms with van der Waals surface area (Å²) in [5, 5.41) is 11.7. The van der Waals surface area contributed by atoms with E-state index in [1.54, 1.807) is 10.9 Å². The van der Waals surface area contributed by atoms with E-state index in [1.807, 2.05) is 24.3 Å². The second-order valence-corrected chi connectivity index (χ2v) is 5.76. The third kappa shape index (κ3) is 4.51. The average molecular weight is 332 g/mol. The minimum atomic E-state index is 0.347. The fourth-order valence-electron chi connectivity index (χ4n) is 2.36. The van der Waals surface area contributed by atoms with Crippen LogP contribution in [0.2, 0.25) is 0 Å². The van der Waals surface area contributed by atoms with Gasteiger partial charge in [0, 0.05) is 5.92 Å². The summed E-state index contributed by atoms with van der Waals surface area (Å²) in [6.07, 6.45) is 4.79. The number of nitrogens with one attached hydrogen (secondary N) is 1. The van der Waals surface area contributed by atoms with Crippen LogP contribution < -0.4 is 4.74 Å². The Morgan fingerprint density at radius 1 is 1.35 bits per heavy atom. The summed E-state index contributed by atoms with van der Waals surface area (Å²) >= 11 is 5.29. The molecule has 0 saturated carbocycles. The van der Waals surface area contributed by atoms with Crippen molar-refractivity contribution < 1.29 is 4.74 Å². The summed E-state index contributed by atoms with van der Waals surface area (Å²) in [6.45, 7) is 7.10. The molecule has 0 aliphatic rings. The van der Waals surface area contributed by atoms with E-state index in [4.69, 9.17) is 17.0 Å². The van der Waals surface area contributed by atoms with E-state index in [1.165, 1.54) is 0 Å². The van der Waals surface area contributed by atoms with Gasteiger partial charge in [0.05, 0.1) is 12.8 Å². The SMILES string of the molecule is CCCOc1cccc(/C=N\n2c(C(CC)CC)n[nH]c2=S)c1. The number of aromatic nitrogens is 3. The number of benzene rings is 1. The zero-order valence-electron chi connectivity index (χ0n) is 14.0. The number of aromatic amines is 1. The summed E-state index contributed by atoms with van der Waals surface area (Å²) in [6, 6.07) is 7.87. The summed E-state index contributed by atoms with van der Waals surface area (Å²) in [4.78, 5) is 0. The van der Waals surface area contributed by atoms with Gasteiger partial charge in [-0.1, -0.05) is 32.9 Å². The first-order valence-electron chi connectivity index (χ1n) is 8.14. The molecule has 1 N–H and O–H groups in total. The normalized spacial score (nSPS) is 11.5. The van der Waals surface area contributed by atoms with Gasteiger partial charge < -0.3 is 4.74 Å². The van der Waals surface area contributed by atoms with Gasteiger partial charge in [0.25, 0.3) is 0 Å². The average Bonchev–Trinajstić information content (AvgIpc) is 2.93. The van der Waals surface area contributed by atoms with Crippen LogP contribution in [0, 0.1) is 4.77 Å². The molecule has 23 heavy (non-hydrogen) atoms. The largest absolute Gasteiger partial charge is 0.494 e. The van der Waals surface area contributed by atoms with Crippen molar-refractivity contribution in [3.05, 3.63) is 40.4 Å². The number of rotatable bonds is 8. The molecular weight excluding hydrogens is 308 g/mol. The predicted octanol–water partition coefficient (Wildman–Crippen LogP) is 4.52. The van der Waals surface area contributed by atoms with E-state index >= 15 is 0 Å². The number of ether oxygens (including phenoxy) is 1. The third-order valence-electron chi connectivity index (χ3n) is 3.68. The van der Waals surface area contributed by atoms with Crippen LogP contribution in [0.5, 0.6) is 5.75 Å². The van der Waals surface area contributed by atoms with Gasteiger partial charge in [-0.25, -0.2) is 0 Å². The van der Waals surface area contributed by atoms with Gasteiger partial charge in [0.2, 0.25) is 4.77 Å². The van der Waals surface area contributed by atoms with Crippen molar-refractivity contribution >= 4 is 18.4 Å². The lowest BCUT2D eigenvalue weighted by atomic mass is 10.0. The minimum Gasteiger partial charge on any atom is -0.494 e. The first kappa shape index (κ1) is 17.4. The molecular formula is C17H24N4OS. The molecule has 124 valence electrons. The number of nitrogens with zero attached hydrogens (tertiary/aromatic N) is 3. The lowest BCUT2D eigenvalue weighted by Gasteiger charge is -2.10. The maximum absolute atomic E-state index is 5.65. The topological polar surface area (TPSA) is 55.2 Å². The van der Waals surface area contributed by atoms with Gasteiger partial charge >= 0.3 is 0 Å². The second kappa shape index (κ2) is 8.62. The van der Waals surface area contributed by atoms with E-state index in [0.29, 0.717) is 17.3 Å². The highest BCUT2D eigenvalue weighted by Crippen LogP contribution is 2.21. The minimum absolute atomic E-state index is 0.347. The maximum Gasteiger partial charge on any atom is 0.216 e. The molecule has 1 aromatic carbocycles. The van der Waals surface area contributed by atoms with Crippen LogP contribution in [0.4, 0.5) is 0 Å². The van der Waals surface area contributed by atoms with Crippen LogP contribution in [0.25, 0.3) is 0 Å². The van der Waals surface area contributed by atoms with E-state index < -0.39 is 0 Å². The van der Waals surface area contributed by atoms with E-state index in [0.717, 1.165) is 36.4 Å². The Morgan fingerprint density at radius 3 is 2.83 bits per heavy atom. The van der Waals surface area contributed by atoms with E-state index in [2.05, 4.69) is 36.1 Å². The predicted molar refractivity (Wildman–Crippen MR) is 96.0 cm³/mol. The highest BCUT2D eigenvalue weighted by molar-refractivity contribution is 7.71. The molecule has 0 radical (unpaired) electrons. The van der Waals surface area contributed by atoms with Crippen molar-refractivity contribution in [1.82, 2.24) is 14.9 Å². The Labute approximate surface area is 142 Å². The Bertz CT molecular complexity index is 701. The maximum atomic E-state index is 5.65. The zero-order valence-corrected chi connectivity index (χ0v) is 14.8. The molecule has 2 rings (SSSR count). The first-order chi connectivity index (χ1) is 11.2. The van der Waals surface area contributed by atoms with Gasteiger partial charge in [-0.05, 0) is 49.2 Å². The quantitative estimate of drug-likeness (QED) is 0.571. The van der Waals surface area contributed by atoms with Crippen molar-refractivity contribution in [3.8, 4) is 5.75 Å². The van der Waals surface area contributed by atoms with E-state index in [9.17, 15) is 0 Å². The first-order valence-corrected chi connectivity index (χ1v) is 8.54. The fraction of sp³-hybridized carbons (Fsp3) is 0.471. The molecule has 5 nitrogen and oxygen atoms in total. The number of hydrogen-bond donors (Lipinski definition) is 1. The van der Waals surface area contributed by atoms with Crippen LogP contribution in [0.1, 0.15) is 57.3 Å². The van der Waals surface area contributed by atoms with Gasteiger partial charge in [-0.2, -0.15) is 14.9 Å². The van der Waals surface area contributed by atoms with Crippen molar-refractivity contribution in [2.75, 3.05) is 6.61 Å². The molecule has 1 heterocycles. The van der Waals surface area contributed by atoms with Crippen LogP contribution in [0.3, 0.4) is 0 Å². The van der Waals surface area contributed by atoms with Crippen molar-refractivity contribution in [3.63, 3.8) is 0 Å². The lowest BCUT2D eigenvalue weighted by molar-refractivity contribution is 0.317. The number of H-pyrrole nitrogens is 1. The Balaban J connectivity index is 2.23. The highest BCUT2D eigenvalue weighted by atomic mass is 32.1. The molecule has 2 aromatic rings. The monoisotopic (exact) mass is 332 g/mol. The van der Waals surface area contributed by atoms with Gasteiger partial charge in [-0.15, -0.1) is 0 Å². The third-order valence-corrected chi connectivity index (χ3v) is 3.94. The fourth-order valence-corrected chi connectivity index (χ4v) is 2.55. The van der Waals surface area contributed by atoms with Crippen LogP contribution >= 0.6 is 12.2 Å². The molecule has 6 heteroatoms. The molecule has 0 bridgehead atoms. The Kier molecular flexibility index (Phi) is 6.52. The number of hydrogen-bond acceptors (Lipinski definition) is 4. The molecule has 0 amide bonds. The molecule has 0 fully saturated rings. The van der Waals surface area contributed by atoms with Gasteiger partial charge in [0.1, 0.15) is 5.75 Å². The lowest BCUT2D eigenvalue weighted by Crippen LogP contribution is -2.05. The van der Waals surface area contributed by atoms with Crippen molar-refractivity contribution in [2.45, 2.75) is 46.0 Å². The van der Waals surface area contributed by atoms with E-state index in [-0.39, 0.29) is 0 Å². The summed E-state index contributed by atoms with van der Waals surface area (Å²) in [5.74, 6) is 2.08. The van der Waals surface area contributed by atoms with Crippen molar-refractivity contribution in [2.24, 2.45) is 5.10 Å². The summed E-state index contributed by atoms with van der Waals surface area (Å²) in [5.41, 5.74) is 0.970. The molecule has 0 saturated heterocycles. The Hall–Kier alpha value is -1.95. The molecule has 0 unspecified atom stereocenters. The smallest absolute Gasteiger partial charge is 0.216 e. The Morgan fingerprint density at radius 2 is 2.13 bits per heavy atom. The molecule has 0 aliphatic carbocycles. The zero-order chi connectivity index (χ0) is 16.7. The molecule has 0 spiro atoms. The van der Waals surface area contributed by atoms with Gasteiger partial charge in [-0.3, -0.25) is 5.10 Å². The molecule has 1 aromatic heterocycles. The van der Waals surface area contributed by atoms with Crippen LogP contribution in [-0.4, -0.2) is 27.7 Å². The summed E-state index contributed by atoms with van der Waals surface area (Å²) in [7, 11) is 0. The standard InChI is InChI=1S/C17H24N4OS/c1-4-10-22-15-9-7-8-13(11-15)12-18-21-16(14(5-2)6-3)19-20-17(21)23/h7-9,11-12,14H,4-6,10H2,1-3H3,(H,20,23)/b18-12-. The summed E-state index contributed by atoms with van der Waals surface area (Å²) < 4.78 is 7.88. The van der Waals surface area contributed by atoms with Crippen LogP contribution in [0.15, 0.2) is 29.4 Å². The van der Waals surface area contributed by atoms with Gasteiger partial charge in [0.15, 0.2) is 5.82 Å². The van der Waals surface area contributed by atoms with Crippen molar-refractivity contribution in [1.29, 1.82) is 0 Å². The molecule has 0 aliphatic heterocycles. The van der Waals surface area contributed by atoms with Crippen LogP contribution in [-0.2, 0) is 0 Å². The second-order valence-electron chi connectivity index (χ2n) is 5.38. The molecule has 0 atom stereocenters. The highest BCUT2D eigenvalue weighted by Gasteiger charge is 2.14.